The quantitative estimate of drug-likeness (QED) is 0.933. The van der Waals surface area contributed by atoms with Crippen LogP contribution in [0.5, 0.6) is 0 Å². The van der Waals surface area contributed by atoms with Gasteiger partial charge in [0, 0.05) is 19.6 Å². The van der Waals surface area contributed by atoms with Crippen LogP contribution >= 0.6 is 0 Å². The van der Waals surface area contributed by atoms with Gasteiger partial charge in [-0.1, -0.05) is 60.7 Å². The maximum absolute atomic E-state index is 13.4. The van der Waals surface area contributed by atoms with Crippen LogP contribution in [0.1, 0.15) is 36.3 Å². The van der Waals surface area contributed by atoms with Crippen molar-refractivity contribution >= 4 is 5.91 Å². The molecule has 2 heterocycles. The standard InChI is InChI=1S/C22H26N2O/c25-21(24-15-12-22(13-16-24)11-14-23-17-22)20(18-7-3-1-4-8-18)19-9-5-2-6-10-19/h1-10,20,23H,11-17H2. The van der Waals surface area contributed by atoms with Crippen LogP contribution in [-0.2, 0) is 4.79 Å². The molecule has 0 radical (unpaired) electrons. The predicted molar refractivity (Wildman–Crippen MR) is 100 cm³/mol. The van der Waals surface area contributed by atoms with Crippen LogP contribution in [0, 0.1) is 5.41 Å². The molecule has 25 heavy (non-hydrogen) atoms. The van der Waals surface area contributed by atoms with Crippen LogP contribution in [-0.4, -0.2) is 37.0 Å². The van der Waals surface area contributed by atoms with Crippen LogP contribution in [0.25, 0.3) is 0 Å². The summed E-state index contributed by atoms with van der Waals surface area (Å²) in [5, 5.41) is 3.50. The lowest BCUT2D eigenvalue weighted by Crippen LogP contribution is -2.45. The van der Waals surface area contributed by atoms with E-state index in [2.05, 4.69) is 34.5 Å². The summed E-state index contributed by atoms with van der Waals surface area (Å²) in [4.78, 5) is 15.5. The molecule has 2 aromatic rings. The van der Waals surface area contributed by atoms with Gasteiger partial charge in [0.1, 0.15) is 0 Å². The molecule has 2 saturated heterocycles. The minimum atomic E-state index is -0.196. The van der Waals surface area contributed by atoms with Crippen molar-refractivity contribution in [1.82, 2.24) is 10.2 Å². The van der Waals surface area contributed by atoms with Gasteiger partial charge in [-0.2, -0.15) is 0 Å². The van der Waals surface area contributed by atoms with E-state index in [0.717, 1.165) is 50.1 Å². The first-order chi connectivity index (χ1) is 12.3. The number of piperidine rings is 1. The number of hydrogen-bond acceptors (Lipinski definition) is 2. The molecular weight excluding hydrogens is 308 g/mol. The van der Waals surface area contributed by atoms with E-state index in [9.17, 15) is 4.79 Å². The lowest BCUT2D eigenvalue weighted by molar-refractivity contribution is -0.134. The molecule has 1 spiro atoms. The number of carbonyl (C=O) groups excluding carboxylic acids is 1. The zero-order valence-corrected chi connectivity index (χ0v) is 14.7. The lowest BCUT2D eigenvalue weighted by atomic mass is 9.77. The molecule has 0 saturated carbocycles. The van der Waals surface area contributed by atoms with E-state index in [4.69, 9.17) is 0 Å². The maximum atomic E-state index is 13.4. The largest absolute Gasteiger partial charge is 0.342 e. The number of nitrogens with one attached hydrogen (secondary N) is 1. The summed E-state index contributed by atoms with van der Waals surface area (Å²) in [6, 6.07) is 20.4. The molecule has 0 unspecified atom stereocenters. The molecule has 2 fully saturated rings. The number of nitrogens with zero attached hydrogens (tertiary/aromatic N) is 1. The van der Waals surface area contributed by atoms with E-state index in [1.165, 1.54) is 6.42 Å². The van der Waals surface area contributed by atoms with Crippen molar-refractivity contribution in [2.75, 3.05) is 26.2 Å². The average molecular weight is 334 g/mol. The Hall–Kier alpha value is -2.13. The first-order valence-corrected chi connectivity index (χ1v) is 9.37. The highest BCUT2D eigenvalue weighted by Crippen LogP contribution is 2.38. The van der Waals surface area contributed by atoms with Gasteiger partial charge in [0.05, 0.1) is 5.92 Å². The molecule has 1 amide bonds. The Balaban J connectivity index is 1.56. The number of carbonyl (C=O) groups is 1. The zero-order chi connectivity index (χ0) is 17.1. The number of likely N-dealkylation sites (tertiary alicyclic amines) is 1. The molecule has 3 nitrogen and oxygen atoms in total. The third-order valence-electron chi connectivity index (χ3n) is 5.98. The van der Waals surface area contributed by atoms with Gasteiger partial charge < -0.3 is 10.2 Å². The third kappa shape index (κ3) is 3.34. The number of rotatable bonds is 3. The molecule has 0 aliphatic carbocycles. The van der Waals surface area contributed by atoms with Crippen LogP contribution in [0.15, 0.2) is 60.7 Å². The molecule has 0 bridgehead atoms. The summed E-state index contributed by atoms with van der Waals surface area (Å²) in [7, 11) is 0. The minimum Gasteiger partial charge on any atom is -0.342 e. The molecular formula is C22H26N2O. The second-order valence-corrected chi connectivity index (χ2v) is 7.51. The highest BCUT2D eigenvalue weighted by molar-refractivity contribution is 5.87. The van der Waals surface area contributed by atoms with Gasteiger partial charge >= 0.3 is 0 Å². The summed E-state index contributed by atoms with van der Waals surface area (Å²) in [5.74, 6) is 0.0522. The smallest absolute Gasteiger partial charge is 0.234 e. The third-order valence-corrected chi connectivity index (χ3v) is 5.98. The van der Waals surface area contributed by atoms with Crippen LogP contribution in [0.4, 0.5) is 0 Å². The van der Waals surface area contributed by atoms with Crippen molar-refractivity contribution < 1.29 is 4.79 Å². The van der Waals surface area contributed by atoms with E-state index in [1.807, 2.05) is 36.4 Å². The molecule has 130 valence electrons. The van der Waals surface area contributed by atoms with Crippen molar-refractivity contribution in [2.45, 2.75) is 25.2 Å². The molecule has 3 heteroatoms. The summed E-state index contributed by atoms with van der Waals surface area (Å²) in [6.07, 6.45) is 3.51. The molecule has 1 N–H and O–H groups in total. The van der Waals surface area contributed by atoms with Crippen molar-refractivity contribution in [1.29, 1.82) is 0 Å². The second kappa shape index (κ2) is 7.01. The van der Waals surface area contributed by atoms with E-state index < -0.39 is 0 Å². The van der Waals surface area contributed by atoms with Crippen molar-refractivity contribution in [2.24, 2.45) is 5.41 Å². The lowest BCUT2D eigenvalue weighted by Gasteiger charge is -2.40. The van der Waals surface area contributed by atoms with E-state index >= 15 is 0 Å². The molecule has 2 aliphatic rings. The van der Waals surface area contributed by atoms with Gasteiger partial charge in [-0.3, -0.25) is 4.79 Å². The van der Waals surface area contributed by atoms with Crippen LogP contribution in [0.3, 0.4) is 0 Å². The first kappa shape index (κ1) is 16.3. The predicted octanol–water partition coefficient (Wildman–Crippen LogP) is 3.42. The first-order valence-electron chi connectivity index (χ1n) is 9.37. The van der Waals surface area contributed by atoms with Gasteiger partial charge in [-0.25, -0.2) is 0 Å². The van der Waals surface area contributed by atoms with Crippen LogP contribution in [0.2, 0.25) is 0 Å². The highest BCUT2D eigenvalue weighted by Gasteiger charge is 2.39. The van der Waals surface area contributed by atoms with E-state index in [-0.39, 0.29) is 11.8 Å². The fourth-order valence-electron chi connectivity index (χ4n) is 4.37. The summed E-state index contributed by atoms with van der Waals surface area (Å²) >= 11 is 0. The molecule has 0 atom stereocenters. The van der Waals surface area contributed by atoms with Crippen molar-refractivity contribution in [3.63, 3.8) is 0 Å². The van der Waals surface area contributed by atoms with Crippen molar-refractivity contribution in [3.05, 3.63) is 71.8 Å². The zero-order valence-electron chi connectivity index (χ0n) is 14.7. The summed E-state index contributed by atoms with van der Waals surface area (Å²) in [5.41, 5.74) is 2.61. The Kier molecular flexibility index (Phi) is 4.58. The highest BCUT2D eigenvalue weighted by atomic mass is 16.2. The van der Waals surface area contributed by atoms with Gasteiger partial charge in [0.25, 0.3) is 0 Å². The number of benzene rings is 2. The van der Waals surface area contributed by atoms with Gasteiger partial charge in [-0.05, 0) is 42.3 Å². The maximum Gasteiger partial charge on any atom is 0.234 e. The van der Waals surface area contributed by atoms with Gasteiger partial charge in [0.15, 0.2) is 0 Å². The minimum absolute atomic E-state index is 0.196. The molecule has 0 aromatic heterocycles. The Labute approximate surface area is 150 Å². The van der Waals surface area contributed by atoms with Gasteiger partial charge in [0.2, 0.25) is 5.91 Å². The number of amides is 1. The SMILES string of the molecule is O=C(C(c1ccccc1)c1ccccc1)N1CCC2(CCNC2)CC1. The summed E-state index contributed by atoms with van der Waals surface area (Å²) in [6.45, 7) is 4.02. The topological polar surface area (TPSA) is 32.3 Å². The van der Waals surface area contributed by atoms with E-state index in [1.54, 1.807) is 0 Å². The molecule has 4 rings (SSSR count). The normalized spacial score (nSPS) is 19.5. The fourth-order valence-corrected chi connectivity index (χ4v) is 4.37. The monoisotopic (exact) mass is 334 g/mol. The average Bonchev–Trinajstić information content (AvgIpc) is 3.12. The number of hydrogen-bond donors (Lipinski definition) is 1. The van der Waals surface area contributed by atoms with Crippen LogP contribution < -0.4 is 5.32 Å². The van der Waals surface area contributed by atoms with Gasteiger partial charge in [-0.15, -0.1) is 0 Å². The second-order valence-electron chi connectivity index (χ2n) is 7.51. The molecule has 2 aromatic carbocycles. The van der Waals surface area contributed by atoms with Crippen molar-refractivity contribution in [3.8, 4) is 0 Å². The Bertz CT molecular complexity index is 658. The van der Waals surface area contributed by atoms with E-state index in [0.29, 0.717) is 5.41 Å². The summed E-state index contributed by atoms with van der Waals surface area (Å²) < 4.78 is 0. The Morgan fingerprint density at radius 1 is 0.880 bits per heavy atom. The Morgan fingerprint density at radius 3 is 1.92 bits per heavy atom. The fraction of sp³-hybridized carbons (Fsp3) is 0.409. The molecule has 2 aliphatic heterocycles. The Morgan fingerprint density at radius 2 is 1.44 bits per heavy atom.